The van der Waals surface area contributed by atoms with Crippen LogP contribution in [0.4, 0.5) is 0 Å². The maximum Gasteiger partial charge on any atom is 0.0762 e. The molecule has 0 fully saturated rings. The summed E-state index contributed by atoms with van der Waals surface area (Å²) in [5.41, 5.74) is 1.15. The Balaban J connectivity index is 2.28. The molecule has 0 aliphatic rings. The minimum atomic E-state index is 0.545. The Kier molecular flexibility index (Phi) is 8.54. The van der Waals surface area contributed by atoms with Gasteiger partial charge >= 0.3 is 0 Å². The molecule has 1 aromatic rings. The van der Waals surface area contributed by atoms with E-state index in [9.17, 15) is 0 Å². The highest BCUT2D eigenvalue weighted by molar-refractivity contribution is 4.99. The first-order chi connectivity index (χ1) is 9.74. The summed E-state index contributed by atoms with van der Waals surface area (Å²) in [6.45, 7) is 14.3. The van der Waals surface area contributed by atoms with Crippen LogP contribution in [0.1, 0.15) is 58.7 Å². The first-order valence-electron chi connectivity index (χ1n) is 8.22. The predicted molar refractivity (Wildman–Crippen MR) is 86.0 cm³/mol. The fraction of sp³-hybridized carbons (Fsp3) is 0.812. The predicted octanol–water partition coefficient (Wildman–Crippen LogP) is 3.07. The van der Waals surface area contributed by atoms with Gasteiger partial charge in [-0.2, -0.15) is 5.10 Å². The van der Waals surface area contributed by atoms with Crippen LogP contribution in [0, 0.1) is 0 Å². The van der Waals surface area contributed by atoms with Gasteiger partial charge in [-0.05, 0) is 38.4 Å². The fourth-order valence-corrected chi connectivity index (χ4v) is 2.54. The van der Waals surface area contributed by atoms with Crippen LogP contribution >= 0.6 is 0 Å². The molecule has 0 spiro atoms. The van der Waals surface area contributed by atoms with Gasteiger partial charge in [-0.25, -0.2) is 0 Å². The average molecular weight is 280 g/mol. The molecule has 4 heteroatoms. The lowest BCUT2D eigenvalue weighted by Crippen LogP contribution is -2.32. The van der Waals surface area contributed by atoms with Crippen molar-refractivity contribution in [3.8, 4) is 0 Å². The molecular weight excluding hydrogens is 248 g/mol. The second-order valence-corrected chi connectivity index (χ2v) is 5.37. The van der Waals surface area contributed by atoms with Crippen LogP contribution in [0.5, 0.6) is 0 Å². The van der Waals surface area contributed by atoms with E-state index in [0.717, 1.165) is 44.7 Å². The Morgan fingerprint density at radius 3 is 2.55 bits per heavy atom. The third-order valence-corrected chi connectivity index (χ3v) is 3.88. The third kappa shape index (κ3) is 5.63. The molecule has 1 aromatic heterocycles. The Labute approximate surface area is 124 Å². The molecule has 0 unspecified atom stereocenters. The molecule has 0 aromatic carbocycles. The van der Waals surface area contributed by atoms with Gasteiger partial charge < -0.3 is 10.2 Å². The van der Waals surface area contributed by atoms with Crippen LogP contribution in [0.15, 0.2) is 12.3 Å². The number of likely N-dealkylation sites (N-methyl/N-ethyl adjacent to an activating group) is 1. The minimum Gasteiger partial charge on any atom is -0.310 e. The molecule has 0 saturated heterocycles. The summed E-state index contributed by atoms with van der Waals surface area (Å²) in [6.07, 6.45) is 5.64. The highest BCUT2D eigenvalue weighted by Gasteiger charge is 2.07. The molecule has 0 bridgehead atoms. The average Bonchev–Trinajstić information content (AvgIpc) is 2.92. The topological polar surface area (TPSA) is 33.1 Å². The minimum absolute atomic E-state index is 0.545. The summed E-state index contributed by atoms with van der Waals surface area (Å²) >= 11 is 0. The zero-order chi connectivity index (χ0) is 14.8. The van der Waals surface area contributed by atoms with Crippen LogP contribution in [0.3, 0.4) is 0 Å². The van der Waals surface area contributed by atoms with E-state index < -0.39 is 0 Å². The Hall–Kier alpha value is -0.870. The van der Waals surface area contributed by atoms with Crippen molar-refractivity contribution in [2.75, 3.05) is 26.2 Å². The first-order valence-corrected chi connectivity index (χ1v) is 8.22. The Morgan fingerprint density at radius 2 is 1.95 bits per heavy atom. The molecule has 1 N–H and O–H groups in total. The van der Waals surface area contributed by atoms with Gasteiger partial charge in [0.2, 0.25) is 0 Å². The van der Waals surface area contributed by atoms with Gasteiger partial charge in [0.25, 0.3) is 0 Å². The van der Waals surface area contributed by atoms with Gasteiger partial charge in [0.05, 0.1) is 11.7 Å². The van der Waals surface area contributed by atoms with E-state index in [4.69, 9.17) is 0 Å². The molecule has 1 rings (SSSR count). The van der Waals surface area contributed by atoms with Crippen LogP contribution in [0.2, 0.25) is 0 Å². The van der Waals surface area contributed by atoms with Crippen molar-refractivity contribution in [3.63, 3.8) is 0 Å². The van der Waals surface area contributed by atoms with Crippen molar-refractivity contribution in [2.45, 2.75) is 59.5 Å². The molecular formula is C16H32N4. The zero-order valence-corrected chi connectivity index (χ0v) is 13.7. The Morgan fingerprint density at radius 1 is 1.20 bits per heavy atom. The lowest BCUT2D eigenvalue weighted by molar-refractivity contribution is 0.287. The van der Waals surface area contributed by atoms with Crippen LogP contribution in [-0.4, -0.2) is 40.9 Å². The number of hydrogen-bond acceptors (Lipinski definition) is 3. The molecule has 0 amide bonds. The van der Waals surface area contributed by atoms with Gasteiger partial charge in [0.1, 0.15) is 0 Å². The number of rotatable bonds is 11. The van der Waals surface area contributed by atoms with E-state index in [0.29, 0.717) is 6.04 Å². The van der Waals surface area contributed by atoms with Crippen molar-refractivity contribution in [2.24, 2.45) is 0 Å². The highest BCUT2D eigenvalue weighted by Crippen LogP contribution is 2.14. The molecule has 4 nitrogen and oxygen atoms in total. The monoisotopic (exact) mass is 280 g/mol. The molecule has 20 heavy (non-hydrogen) atoms. The van der Waals surface area contributed by atoms with Gasteiger partial charge in [0, 0.05) is 25.8 Å². The number of nitrogens with zero attached hydrogens (tertiary/aromatic N) is 3. The van der Waals surface area contributed by atoms with Crippen molar-refractivity contribution in [1.29, 1.82) is 0 Å². The summed E-state index contributed by atoms with van der Waals surface area (Å²) in [6, 6.07) is 2.68. The lowest BCUT2D eigenvalue weighted by Gasteiger charge is -2.19. The standard InChI is InChI=1S/C16H32N4/c1-5-11-19(8-4)13-10-17-14-15-9-12-20(18-15)16(6-2)7-3/h9,12,16-17H,5-8,10-11,13-14H2,1-4H3. The summed E-state index contributed by atoms with van der Waals surface area (Å²) in [7, 11) is 0. The largest absolute Gasteiger partial charge is 0.310 e. The maximum atomic E-state index is 4.67. The molecule has 1 heterocycles. The lowest BCUT2D eigenvalue weighted by atomic mass is 10.2. The smallest absolute Gasteiger partial charge is 0.0762 e. The molecule has 0 atom stereocenters. The zero-order valence-electron chi connectivity index (χ0n) is 13.7. The second kappa shape index (κ2) is 9.94. The maximum absolute atomic E-state index is 4.67. The molecule has 0 radical (unpaired) electrons. The molecule has 0 aliphatic heterocycles. The third-order valence-electron chi connectivity index (χ3n) is 3.88. The summed E-state index contributed by atoms with van der Waals surface area (Å²) in [4.78, 5) is 2.48. The highest BCUT2D eigenvalue weighted by atomic mass is 15.3. The van der Waals surface area contributed by atoms with E-state index in [-0.39, 0.29) is 0 Å². The fourth-order valence-electron chi connectivity index (χ4n) is 2.54. The quantitative estimate of drug-likeness (QED) is 0.632. The number of aromatic nitrogens is 2. The van der Waals surface area contributed by atoms with Crippen molar-refractivity contribution in [1.82, 2.24) is 20.0 Å². The van der Waals surface area contributed by atoms with Crippen LogP contribution in [-0.2, 0) is 6.54 Å². The number of nitrogens with one attached hydrogen (secondary N) is 1. The van der Waals surface area contributed by atoms with Crippen LogP contribution in [0.25, 0.3) is 0 Å². The first kappa shape index (κ1) is 17.2. The second-order valence-electron chi connectivity index (χ2n) is 5.37. The van der Waals surface area contributed by atoms with Crippen LogP contribution < -0.4 is 5.32 Å². The normalized spacial score (nSPS) is 11.7. The van der Waals surface area contributed by atoms with E-state index in [2.05, 4.69) is 60.0 Å². The van der Waals surface area contributed by atoms with Crippen molar-refractivity contribution in [3.05, 3.63) is 18.0 Å². The molecule has 0 aliphatic carbocycles. The molecule has 116 valence electrons. The van der Waals surface area contributed by atoms with Gasteiger partial charge in [-0.15, -0.1) is 0 Å². The van der Waals surface area contributed by atoms with E-state index in [1.807, 2.05) is 0 Å². The van der Waals surface area contributed by atoms with E-state index in [1.165, 1.54) is 13.0 Å². The molecule has 0 saturated carbocycles. The van der Waals surface area contributed by atoms with Crippen molar-refractivity contribution < 1.29 is 0 Å². The number of hydrogen-bond donors (Lipinski definition) is 1. The SMILES string of the molecule is CCCN(CC)CCNCc1ccn(C(CC)CC)n1. The summed E-state index contributed by atoms with van der Waals surface area (Å²) < 4.78 is 2.12. The van der Waals surface area contributed by atoms with Crippen molar-refractivity contribution >= 4 is 0 Å². The summed E-state index contributed by atoms with van der Waals surface area (Å²) in [5, 5.41) is 8.16. The van der Waals surface area contributed by atoms with Gasteiger partial charge in [-0.1, -0.05) is 27.7 Å². The van der Waals surface area contributed by atoms with Gasteiger partial charge in [0.15, 0.2) is 0 Å². The van der Waals surface area contributed by atoms with E-state index >= 15 is 0 Å². The Bertz CT molecular complexity index is 344. The van der Waals surface area contributed by atoms with Gasteiger partial charge in [-0.3, -0.25) is 4.68 Å². The summed E-state index contributed by atoms with van der Waals surface area (Å²) in [5.74, 6) is 0. The van der Waals surface area contributed by atoms with E-state index in [1.54, 1.807) is 0 Å².